The van der Waals surface area contributed by atoms with Gasteiger partial charge in [0.15, 0.2) is 15.0 Å². The number of hydrogen-bond donors (Lipinski definition) is 1. The second-order valence-electron chi connectivity index (χ2n) is 3.86. The number of amides is 1. The largest absolute Gasteiger partial charge is 0.302 e. The minimum Gasteiger partial charge on any atom is -0.302 e. The molecule has 88 valence electrons. The van der Waals surface area contributed by atoms with Crippen molar-refractivity contribution in [1.29, 1.82) is 0 Å². The monoisotopic (exact) mass is 260 g/mol. The van der Waals surface area contributed by atoms with Crippen molar-refractivity contribution in [2.45, 2.75) is 12.8 Å². The minimum atomic E-state index is -2.90. The van der Waals surface area contributed by atoms with Crippen molar-refractivity contribution >= 4 is 32.2 Å². The standard InChI is InChI=1S/C9H12N2O3S2/c12-8(11-9-10-2-3-15-9)5-7-1-4-16(13,14)6-7/h2-3,7H,1,4-6H2,(H,10,11,12)/t7-/m0/s1. The van der Waals surface area contributed by atoms with Crippen LogP contribution in [0.2, 0.25) is 0 Å². The van der Waals surface area contributed by atoms with Crippen LogP contribution in [0.15, 0.2) is 11.6 Å². The molecule has 1 aliphatic heterocycles. The van der Waals surface area contributed by atoms with E-state index in [0.717, 1.165) is 0 Å². The Morgan fingerprint density at radius 1 is 1.62 bits per heavy atom. The Hall–Kier alpha value is -0.950. The van der Waals surface area contributed by atoms with E-state index >= 15 is 0 Å². The van der Waals surface area contributed by atoms with Gasteiger partial charge in [-0.3, -0.25) is 4.79 Å². The molecule has 0 bridgehead atoms. The zero-order valence-corrected chi connectivity index (χ0v) is 10.2. The van der Waals surface area contributed by atoms with Crippen LogP contribution >= 0.6 is 11.3 Å². The van der Waals surface area contributed by atoms with Crippen LogP contribution in [0.4, 0.5) is 5.13 Å². The quantitative estimate of drug-likeness (QED) is 0.876. The van der Waals surface area contributed by atoms with Gasteiger partial charge in [0.1, 0.15) is 0 Å². The molecule has 1 atom stereocenters. The third kappa shape index (κ3) is 3.02. The number of sulfone groups is 1. The molecule has 1 aliphatic rings. The average molecular weight is 260 g/mol. The van der Waals surface area contributed by atoms with Gasteiger partial charge in [0.25, 0.3) is 0 Å². The van der Waals surface area contributed by atoms with Gasteiger partial charge in [0.05, 0.1) is 11.5 Å². The Bertz CT molecular complexity index is 467. The SMILES string of the molecule is O=C(C[C@@H]1CCS(=O)(=O)C1)Nc1nccs1. The van der Waals surface area contributed by atoms with Crippen LogP contribution in [-0.4, -0.2) is 30.8 Å². The van der Waals surface area contributed by atoms with Gasteiger partial charge in [-0.15, -0.1) is 11.3 Å². The normalized spacial score (nSPS) is 23.1. The van der Waals surface area contributed by atoms with E-state index < -0.39 is 9.84 Å². The summed E-state index contributed by atoms with van der Waals surface area (Å²) in [5.74, 6) is 0.155. The number of hydrogen-bond acceptors (Lipinski definition) is 5. The first kappa shape index (κ1) is 11.5. The summed E-state index contributed by atoms with van der Waals surface area (Å²) in [6.07, 6.45) is 2.47. The first-order valence-electron chi connectivity index (χ1n) is 4.95. The molecule has 0 saturated carbocycles. The number of nitrogens with one attached hydrogen (secondary N) is 1. The Morgan fingerprint density at radius 3 is 3.00 bits per heavy atom. The molecule has 5 nitrogen and oxygen atoms in total. The van der Waals surface area contributed by atoms with Gasteiger partial charge in [-0.05, 0) is 12.3 Å². The molecular weight excluding hydrogens is 248 g/mol. The van der Waals surface area contributed by atoms with Crippen molar-refractivity contribution in [1.82, 2.24) is 4.98 Å². The van der Waals surface area contributed by atoms with E-state index in [1.807, 2.05) is 0 Å². The fourth-order valence-electron chi connectivity index (χ4n) is 1.75. The van der Waals surface area contributed by atoms with Crippen LogP contribution in [0, 0.1) is 5.92 Å². The zero-order valence-electron chi connectivity index (χ0n) is 8.55. The predicted octanol–water partition coefficient (Wildman–Crippen LogP) is 0.906. The van der Waals surface area contributed by atoms with Crippen molar-refractivity contribution in [3.63, 3.8) is 0 Å². The predicted molar refractivity (Wildman–Crippen MR) is 62.1 cm³/mol. The van der Waals surface area contributed by atoms with E-state index in [1.54, 1.807) is 11.6 Å². The third-order valence-corrected chi connectivity index (χ3v) is 5.00. The van der Waals surface area contributed by atoms with Crippen molar-refractivity contribution in [3.8, 4) is 0 Å². The molecule has 1 aromatic rings. The van der Waals surface area contributed by atoms with E-state index in [4.69, 9.17) is 0 Å². The molecule has 1 aromatic heterocycles. The molecule has 1 amide bonds. The first-order chi connectivity index (χ1) is 7.55. The lowest BCUT2D eigenvalue weighted by atomic mass is 10.1. The van der Waals surface area contributed by atoms with Gasteiger partial charge in [-0.2, -0.15) is 0 Å². The van der Waals surface area contributed by atoms with Crippen molar-refractivity contribution in [3.05, 3.63) is 11.6 Å². The molecule has 1 N–H and O–H groups in total. The highest BCUT2D eigenvalue weighted by molar-refractivity contribution is 7.91. The molecule has 2 rings (SSSR count). The second-order valence-corrected chi connectivity index (χ2v) is 6.98. The summed E-state index contributed by atoms with van der Waals surface area (Å²) < 4.78 is 22.4. The maximum Gasteiger partial charge on any atom is 0.226 e. The Balaban J connectivity index is 1.85. The number of carbonyl (C=O) groups excluding carboxylic acids is 1. The summed E-state index contributed by atoms with van der Waals surface area (Å²) >= 11 is 1.35. The lowest BCUT2D eigenvalue weighted by Gasteiger charge is -2.06. The number of anilines is 1. The van der Waals surface area contributed by atoms with Crippen LogP contribution < -0.4 is 5.32 Å². The molecule has 16 heavy (non-hydrogen) atoms. The second kappa shape index (κ2) is 4.50. The van der Waals surface area contributed by atoms with Gasteiger partial charge in [0.2, 0.25) is 5.91 Å². The third-order valence-electron chi connectivity index (χ3n) is 2.48. The molecular formula is C9H12N2O3S2. The molecule has 0 radical (unpaired) electrons. The number of aromatic nitrogens is 1. The maximum absolute atomic E-state index is 11.5. The maximum atomic E-state index is 11.5. The van der Waals surface area contributed by atoms with Gasteiger partial charge in [-0.1, -0.05) is 0 Å². The number of thiazole rings is 1. The molecule has 1 saturated heterocycles. The average Bonchev–Trinajstić information content (AvgIpc) is 2.76. The molecule has 0 aliphatic carbocycles. The highest BCUT2D eigenvalue weighted by Gasteiger charge is 2.29. The first-order valence-corrected chi connectivity index (χ1v) is 7.65. The van der Waals surface area contributed by atoms with Crippen LogP contribution in [0.1, 0.15) is 12.8 Å². The fourth-order valence-corrected chi connectivity index (χ4v) is 4.16. The van der Waals surface area contributed by atoms with E-state index in [-0.39, 0.29) is 29.8 Å². The summed E-state index contributed by atoms with van der Waals surface area (Å²) in [5, 5.41) is 4.98. The zero-order chi connectivity index (χ0) is 11.6. The van der Waals surface area contributed by atoms with Crippen molar-refractivity contribution in [2.24, 2.45) is 5.92 Å². The fraction of sp³-hybridized carbons (Fsp3) is 0.556. The summed E-state index contributed by atoms with van der Waals surface area (Å²) in [6, 6.07) is 0. The minimum absolute atomic E-state index is 0.0371. The van der Waals surface area contributed by atoms with Crippen LogP contribution in [0.3, 0.4) is 0 Å². The number of nitrogens with zero attached hydrogens (tertiary/aromatic N) is 1. The van der Waals surface area contributed by atoms with Crippen LogP contribution in [0.25, 0.3) is 0 Å². The topological polar surface area (TPSA) is 76.1 Å². The van der Waals surface area contributed by atoms with Gasteiger partial charge < -0.3 is 5.32 Å². The van der Waals surface area contributed by atoms with E-state index in [2.05, 4.69) is 10.3 Å². The van der Waals surface area contributed by atoms with Gasteiger partial charge in [0, 0.05) is 18.0 Å². The van der Waals surface area contributed by atoms with E-state index in [0.29, 0.717) is 11.6 Å². The van der Waals surface area contributed by atoms with Crippen LogP contribution in [-0.2, 0) is 14.6 Å². The molecule has 1 fully saturated rings. The lowest BCUT2D eigenvalue weighted by Crippen LogP contribution is -2.17. The molecule has 0 unspecified atom stereocenters. The highest BCUT2D eigenvalue weighted by atomic mass is 32.2. The number of rotatable bonds is 3. The Kier molecular flexibility index (Phi) is 3.25. The summed E-state index contributed by atoms with van der Waals surface area (Å²) in [6.45, 7) is 0. The summed E-state index contributed by atoms with van der Waals surface area (Å²) in [7, 11) is -2.90. The Morgan fingerprint density at radius 2 is 2.44 bits per heavy atom. The lowest BCUT2D eigenvalue weighted by molar-refractivity contribution is -0.116. The van der Waals surface area contributed by atoms with E-state index in [1.165, 1.54) is 11.3 Å². The molecule has 0 spiro atoms. The number of carbonyl (C=O) groups is 1. The summed E-state index contributed by atoms with van der Waals surface area (Å²) in [4.78, 5) is 15.5. The van der Waals surface area contributed by atoms with Crippen LogP contribution in [0.5, 0.6) is 0 Å². The molecule has 0 aromatic carbocycles. The highest BCUT2D eigenvalue weighted by Crippen LogP contribution is 2.22. The Labute approximate surface area is 97.8 Å². The summed E-state index contributed by atoms with van der Waals surface area (Å²) in [5.41, 5.74) is 0. The molecule has 7 heteroatoms. The van der Waals surface area contributed by atoms with Gasteiger partial charge in [-0.25, -0.2) is 13.4 Å². The van der Waals surface area contributed by atoms with Crippen molar-refractivity contribution in [2.75, 3.05) is 16.8 Å². The van der Waals surface area contributed by atoms with E-state index in [9.17, 15) is 13.2 Å². The smallest absolute Gasteiger partial charge is 0.226 e. The van der Waals surface area contributed by atoms with Crippen molar-refractivity contribution < 1.29 is 13.2 Å². The van der Waals surface area contributed by atoms with Gasteiger partial charge >= 0.3 is 0 Å². The molecule has 2 heterocycles.